The van der Waals surface area contributed by atoms with Crippen LogP contribution >= 0.6 is 15.2 Å². The molecule has 3 rings (SSSR count). The summed E-state index contributed by atoms with van der Waals surface area (Å²) >= 11 is 0. The minimum absolute atomic E-state index is 0.0402. The van der Waals surface area contributed by atoms with Crippen molar-refractivity contribution in [1.29, 1.82) is 0 Å². The average Bonchev–Trinajstić information content (AvgIpc) is 3.50. The summed E-state index contributed by atoms with van der Waals surface area (Å²) in [7, 11) is -11.3. The molecule has 0 spiro atoms. The third kappa shape index (κ3) is 13.6. The third-order valence-corrected chi connectivity index (χ3v) is 12.7. The number of esters is 2. The molecule has 56 heavy (non-hydrogen) atoms. The Hall–Kier alpha value is -4.02. The standard InChI is InChI=1S/C36H48F2N2O14P2/c1-2-52-32(42)13-8-3-4-9-24-40-28(17-21-31(40)41)16-20-30(36(37,38)27-11-6-5-7-12-27)54-33(43)25-26-14-18-29(19-15-26)53-34(44)39-23-10-22-35(45,55(46,47)48)56(49,50)51/h5-7,11-12,14-16,18-20,28,30,45H,2-4,8-10,13,17,21-25H2,1H3,(H,39,44)(H2,46,47,48)(H2,49,50,51)/b20-16+/t28-,30+/m0/s1/i1T3. The number of nitrogens with one attached hydrogen (secondary N) is 1. The summed E-state index contributed by atoms with van der Waals surface area (Å²) in [6.45, 7) is -3.11. The Balaban J connectivity index is 1.57. The number of likely N-dealkylation sites (tertiary alicyclic amines) is 1. The topological polar surface area (TPSA) is 247 Å². The summed E-state index contributed by atoms with van der Waals surface area (Å²) in [6.07, 6.45) is 0.249. The Labute approximate surface area is 326 Å². The Morgan fingerprint density at radius 2 is 1.64 bits per heavy atom. The van der Waals surface area contributed by atoms with Crippen molar-refractivity contribution < 1.29 is 80.1 Å². The minimum atomic E-state index is -5.66. The van der Waals surface area contributed by atoms with E-state index in [4.69, 9.17) is 18.3 Å². The van der Waals surface area contributed by atoms with E-state index in [-0.39, 0.29) is 24.5 Å². The van der Waals surface area contributed by atoms with Gasteiger partial charge in [0.25, 0.3) is 5.08 Å². The fourth-order valence-electron chi connectivity index (χ4n) is 5.74. The van der Waals surface area contributed by atoms with E-state index >= 15 is 8.78 Å². The highest BCUT2D eigenvalue weighted by Crippen LogP contribution is 2.69. The monoisotopic (exact) mass is 838 g/mol. The minimum Gasteiger partial charge on any atom is -0.466 e. The second-order valence-electron chi connectivity index (χ2n) is 12.9. The normalized spacial score (nSPS) is 16.8. The third-order valence-electron chi connectivity index (χ3n) is 8.79. The van der Waals surface area contributed by atoms with Crippen LogP contribution in [0, 0.1) is 0 Å². The van der Waals surface area contributed by atoms with Crippen molar-refractivity contribution in [3.63, 3.8) is 0 Å². The number of halogens is 2. The number of alkyl halides is 2. The second-order valence-corrected chi connectivity index (χ2v) is 16.9. The lowest BCUT2D eigenvalue weighted by Gasteiger charge is -2.29. The molecular formula is C36H48F2N2O14P2. The molecule has 16 nitrogen and oxygen atoms in total. The van der Waals surface area contributed by atoms with Crippen LogP contribution in [0.4, 0.5) is 13.6 Å². The van der Waals surface area contributed by atoms with Crippen molar-refractivity contribution in [2.45, 2.75) is 94.2 Å². The van der Waals surface area contributed by atoms with Crippen molar-refractivity contribution in [3.8, 4) is 5.75 Å². The van der Waals surface area contributed by atoms with E-state index in [1.807, 2.05) is 0 Å². The predicted molar refractivity (Wildman–Crippen MR) is 196 cm³/mol. The van der Waals surface area contributed by atoms with Gasteiger partial charge in [0.15, 0.2) is 6.10 Å². The van der Waals surface area contributed by atoms with E-state index < -0.39 is 101 Å². The van der Waals surface area contributed by atoms with E-state index in [0.29, 0.717) is 44.2 Å². The molecule has 0 unspecified atom stereocenters. The molecule has 1 aliphatic heterocycles. The Morgan fingerprint density at radius 3 is 2.29 bits per heavy atom. The number of benzene rings is 2. The Bertz CT molecular complexity index is 1840. The first-order valence-electron chi connectivity index (χ1n) is 19.1. The van der Waals surface area contributed by atoms with E-state index in [1.165, 1.54) is 54.6 Å². The lowest BCUT2D eigenvalue weighted by Crippen LogP contribution is -2.36. The molecule has 0 aromatic heterocycles. The van der Waals surface area contributed by atoms with Gasteiger partial charge in [-0.2, -0.15) is 8.78 Å². The summed E-state index contributed by atoms with van der Waals surface area (Å²) in [5, 5.41) is 8.46. The van der Waals surface area contributed by atoms with Crippen molar-refractivity contribution in [3.05, 3.63) is 77.9 Å². The highest BCUT2D eigenvalue weighted by atomic mass is 31.2. The molecule has 0 radical (unpaired) electrons. The average molecular weight is 839 g/mol. The van der Waals surface area contributed by atoms with Crippen LogP contribution in [-0.4, -0.2) is 90.4 Å². The van der Waals surface area contributed by atoms with E-state index in [9.17, 15) is 53.0 Å². The maximum atomic E-state index is 15.9. The molecule has 20 heteroatoms. The zero-order valence-corrected chi connectivity index (χ0v) is 32.0. The molecule has 0 aliphatic carbocycles. The van der Waals surface area contributed by atoms with Crippen LogP contribution in [0.5, 0.6) is 5.75 Å². The molecule has 1 fully saturated rings. The highest BCUT2D eigenvalue weighted by Gasteiger charge is 2.58. The van der Waals surface area contributed by atoms with Gasteiger partial charge in [-0.15, -0.1) is 0 Å². The molecule has 2 aromatic carbocycles. The van der Waals surface area contributed by atoms with Gasteiger partial charge in [0, 0.05) is 42.0 Å². The maximum absolute atomic E-state index is 15.9. The fraction of sp³-hybridized carbons (Fsp3) is 0.500. The summed E-state index contributed by atoms with van der Waals surface area (Å²) in [5.41, 5.74) is -0.120. The summed E-state index contributed by atoms with van der Waals surface area (Å²) in [4.78, 5) is 88.0. The first kappa shape index (κ1) is 41.6. The van der Waals surface area contributed by atoms with Gasteiger partial charge in [0.05, 0.1) is 19.1 Å². The molecule has 1 aliphatic rings. The van der Waals surface area contributed by atoms with Gasteiger partial charge in [0.1, 0.15) is 5.75 Å². The Kier molecular flexibility index (Phi) is 15.6. The number of amides is 2. The van der Waals surface area contributed by atoms with Gasteiger partial charge in [0.2, 0.25) is 5.91 Å². The molecule has 0 bridgehead atoms. The van der Waals surface area contributed by atoms with Crippen LogP contribution in [0.25, 0.3) is 0 Å². The second kappa shape index (κ2) is 20.9. The number of rotatable bonds is 22. The highest BCUT2D eigenvalue weighted by molar-refractivity contribution is 7.72. The molecule has 1 saturated heterocycles. The van der Waals surface area contributed by atoms with Crippen molar-refractivity contribution >= 4 is 39.1 Å². The van der Waals surface area contributed by atoms with Crippen molar-refractivity contribution in [2.75, 3.05) is 19.7 Å². The van der Waals surface area contributed by atoms with Crippen LogP contribution < -0.4 is 10.1 Å². The molecule has 2 aromatic rings. The number of hydrogen-bond acceptors (Lipinski definition) is 10. The number of carbonyl (C=O) groups is 4. The van der Waals surface area contributed by atoms with Crippen LogP contribution in [-0.2, 0) is 45.3 Å². The summed E-state index contributed by atoms with van der Waals surface area (Å²) in [6, 6.07) is 11.5. The van der Waals surface area contributed by atoms with Crippen molar-refractivity contribution in [1.82, 2.24) is 10.2 Å². The van der Waals surface area contributed by atoms with Crippen molar-refractivity contribution in [2.24, 2.45) is 0 Å². The molecule has 0 saturated carbocycles. The summed E-state index contributed by atoms with van der Waals surface area (Å²) in [5.74, 6) is -5.52. The lowest BCUT2D eigenvalue weighted by molar-refractivity contribution is -0.167. The number of ether oxygens (including phenoxy) is 3. The number of nitrogens with zero attached hydrogens (tertiary/aromatic N) is 1. The number of unbranched alkanes of at least 4 members (excludes halogenated alkanes) is 3. The zero-order valence-electron chi connectivity index (χ0n) is 33.2. The van der Waals surface area contributed by atoms with E-state index in [0.717, 1.165) is 6.08 Å². The maximum Gasteiger partial charge on any atom is 0.412 e. The van der Waals surface area contributed by atoms with Crippen LogP contribution in [0.2, 0.25) is 0 Å². The van der Waals surface area contributed by atoms with Crippen LogP contribution in [0.3, 0.4) is 0 Å². The summed E-state index contributed by atoms with van der Waals surface area (Å²) < 4.78 is 91.1. The number of carbonyl (C=O) groups excluding carboxylic acids is 4. The molecular weight excluding hydrogens is 784 g/mol. The number of aliphatic hydroxyl groups is 1. The van der Waals surface area contributed by atoms with Crippen LogP contribution in [0.1, 0.15) is 79.9 Å². The smallest absolute Gasteiger partial charge is 0.412 e. The molecule has 2 amide bonds. The predicted octanol–water partition coefficient (Wildman–Crippen LogP) is 4.86. The van der Waals surface area contributed by atoms with Crippen LogP contribution in [0.15, 0.2) is 66.7 Å². The van der Waals surface area contributed by atoms with Gasteiger partial charge in [-0.25, -0.2) is 4.79 Å². The van der Waals surface area contributed by atoms with Gasteiger partial charge in [-0.1, -0.05) is 61.4 Å². The zero-order chi connectivity index (χ0) is 44.1. The molecule has 6 N–H and O–H groups in total. The fourth-order valence-corrected chi connectivity index (χ4v) is 7.99. The Morgan fingerprint density at radius 1 is 0.982 bits per heavy atom. The lowest BCUT2D eigenvalue weighted by atomic mass is 10.0. The molecule has 1 heterocycles. The number of hydrogen-bond donors (Lipinski definition) is 6. The van der Waals surface area contributed by atoms with E-state index in [2.05, 4.69) is 5.32 Å². The van der Waals surface area contributed by atoms with Gasteiger partial charge >= 0.3 is 39.1 Å². The van der Waals surface area contributed by atoms with Gasteiger partial charge in [-0.3, -0.25) is 23.5 Å². The van der Waals surface area contributed by atoms with Gasteiger partial charge < -0.3 is 49.1 Å². The molecule has 2 atom stereocenters. The quantitative estimate of drug-likeness (QED) is 0.0401. The first-order chi connectivity index (χ1) is 27.4. The van der Waals surface area contributed by atoms with E-state index in [1.54, 1.807) is 11.0 Å². The largest absolute Gasteiger partial charge is 0.466 e. The molecule has 310 valence electrons. The van der Waals surface area contributed by atoms with Gasteiger partial charge in [-0.05, 0) is 56.3 Å². The SMILES string of the molecule is [3H]C([3H])([3H])COC(=O)CCCCCCN1C(=O)CC[C@@H]1/C=C/[C@@H](OC(=O)Cc1ccc(OC(=O)NCCCC(O)(P(=O)(O)O)P(=O)(O)O)cc1)C(F)(F)c1ccccc1. The first-order valence-corrected chi connectivity index (χ1v) is 20.8.